The van der Waals surface area contributed by atoms with E-state index < -0.39 is 5.97 Å². The monoisotopic (exact) mass is 806 g/mol. The zero-order valence-corrected chi connectivity index (χ0v) is 22.2. The van der Waals surface area contributed by atoms with Gasteiger partial charge in [-0.25, -0.2) is 0 Å². The standard InChI is InChI=1S/C17H14I4O5/c1-24-2-3-25-16-13(20)7-10(8-14(16)21)26-17-11(18)4-9(5-12(17)19)6-15(22)23/h4-5,7-8H,2-3,6H2,1H3,(H,22,23). The Morgan fingerprint density at radius 3 is 1.96 bits per heavy atom. The van der Waals surface area contributed by atoms with Gasteiger partial charge < -0.3 is 19.3 Å². The van der Waals surface area contributed by atoms with Crippen LogP contribution in [0.4, 0.5) is 0 Å². The van der Waals surface area contributed by atoms with Crippen molar-refractivity contribution >= 4 is 96.3 Å². The minimum Gasteiger partial charge on any atom is -0.489 e. The summed E-state index contributed by atoms with van der Waals surface area (Å²) in [7, 11) is 1.64. The minimum atomic E-state index is -0.849. The van der Waals surface area contributed by atoms with E-state index in [1.54, 1.807) is 7.11 Å². The third-order valence-corrected chi connectivity index (χ3v) is 6.34. The van der Waals surface area contributed by atoms with Crippen molar-refractivity contribution in [1.29, 1.82) is 0 Å². The average Bonchev–Trinajstić information content (AvgIpc) is 2.53. The van der Waals surface area contributed by atoms with Gasteiger partial charge in [0.25, 0.3) is 0 Å². The van der Waals surface area contributed by atoms with Gasteiger partial charge in [0, 0.05) is 7.11 Å². The molecule has 9 heteroatoms. The summed E-state index contributed by atoms with van der Waals surface area (Å²) in [6.07, 6.45) is -0.00437. The lowest BCUT2D eigenvalue weighted by Crippen LogP contribution is -2.06. The number of carbonyl (C=O) groups is 1. The first-order valence-electron chi connectivity index (χ1n) is 7.30. The van der Waals surface area contributed by atoms with Crippen molar-refractivity contribution in [3.8, 4) is 17.2 Å². The van der Waals surface area contributed by atoms with Crippen LogP contribution < -0.4 is 9.47 Å². The number of methoxy groups -OCH3 is 1. The molecule has 2 rings (SSSR count). The maximum Gasteiger partial charge on any atom is 0.307 e. The molecule has 140 valence electrons. The molecule has 0 unspecified atom stereocenters. The van der Waals surface area contributed by atoms with E-state index in [9.17, 15) is 4.79 Å². The van der Waals surface area contributed by atoms with Gasteiger partial charge in [0.2, 0.25) is 0 Å². The number of hydrogen-bond donors (Lipinski definition) is 1. The molecule has 0 aliphatic carbocycles. The molecule has 0 saturated heterocycles. The van der Waals surface area contributed by atoms with Gasteiger partial charge in [-0.3, -0.25) is 4.79 Å². The third kappa shape index (κ3) is 6.48. The zero-order chi connectivity index (χ0) is 19.3. The lowest BCUT2D eigenvalue weighted by atomic mass is 10.1. The first-order chi connectivity index (χ1) is 12.3. The third-order valence-electron chi connectivity index (χ3n) is 3.14. The van der Waals surface area contributed by atoms with Gasteiger partial charge in [-0.05, 0) is 120 Å². The van der Waals surface area contributed by atoms with Gasteiger partial charge in [-0.15, -0.1) is 0 Å². The van der Waals surface area contributed by atoms with Gasteiger partial charge in [-0.1, -0.05) is 0 Å². The summed E-state index contributed by atoms with van der Waals surface area (Å²) in [6.45, 7) is 1.02. The first kappa shape index (κ1) is 22.7. The summed E-state index contributed by atoms with van der Waals surface area (Å²) in [5.41, 5.74) is 0.754. The SMILES string of the molecule is COCCOc1c(I)cc(Oc2c(I)cc(CC(=O)O)cc2I)cc1I. The van der Waals surface area contributed by atoms with Gasteiger partial charge >= 0.3 is 5.97 Å². The van der Waals surface area contributed by atoms with Crippen LogP contribution in [0, 0.1) is 14.3 Å². The summed E-state index contributed by atoms with van der Waals surface area (Å²) >= 11 is 8.78. The molecular weight excluding hydrogens is 792 g/mol. The van der Waals surface area contributed by atoms with Crippen LogP contribution in [0.1, 0.15) is 5.56 Å². The van der Waals surface area contributed by atoms with E-state index >= 15 is 0 Å². The Morgan fingerprint density at radius 2 is 1.46 bits per heavy atom. The minimum absolute atomic E-state index is 0.00437. The van der Waals surface area contributed by atoms with E-state index in [0.29, 0.717) is 19.0 Å². The molecule has 0 spiro atoms. The van der Waals surface area contributed by atoms with Crippen molar-refractivity contribution in [3.05, 3.63) is 44.1 Å². The number of aliphatic carboxylic acids is 1. The number of rotatable bonds is 8. The van der Waals surface area contributed by atoms with Crippen molar-refractivity contribution in [2.75, 3.05) is 20.3 Å². The maximum atomic E-state index is 10.9. The molecule has 0 atom stereocenters. The largest absolute Gasteiger partial charge is 0.489 e. The molecule has 0 heterocycles. The number of ether oxygens (including phenoxy) is 3. The predicted molar refractivity (Wildman–Crippen MR) is 133 cm³/mol. The number of halogens is 4. The second-order valence-corrected chi connectivity index (χ2v) is 9.77. The van der Waals surface area contributed by atoms with Crippen LogP contribution in [-0.2, 0) is 16.0 Å². The Bertz CT molecular complexity index is 764. The molecule has 0 aliphatic heterocycles. The molecule has 0 saturated carbocycles. The van der Waals surface area contributed by atoms with Gasteiger partial charge in [-0.2, -0.15) is 0 Å². The second kappa shape index (κ2) is 10.8. The van der Waals surface area contributed by atoms with Crippen LogP contribution in [-0.4, -0.2) is 31.4 Å². The highest BCUT2D eigenvalue weighted by molar-refractivity contribution is 14.1. The molecule has 0 aliphatic rings. The molecule has 0 aromatic heterocycles. The summed E-state index contributed by atoms with van der Waals surface area (Å²) in [5, 5.41) is 8.96. The fourth-order valence-corrected chi connectivity index (χ4v) is 6.20. The smallest absolute Gasteiger partial charge is 0.307 e. The highest BCUT2D eigenvalue weighted by Crippen LogP contribution is 2.37. The van der Waals surface area contributed by atoms with E-state index in [4.69, 9.17) is 19.3 Å². The van der Waals surface area contributed by atoms with Gasteiger partial charge in [0.15, 0.2) is 5.75 Å². The second-order valence-electron chi connectivity index (χ2n) is 5.12. The van der Waals surface area contributed by atoms with Crippen LogP contribution >= 0.6 is 90.4 Å². The highest BCUT2D eigenvalue weighted by atomic mass is 127. The Labute approximate surface area is 206 Å². The predicted octanol–water partition coefficient (Wildman–Crippen LogP) is 5.55. The molecule has 0 bridgehead atoms. The molecule has 5 nitrogen and oxygen atoms in total. The molecule has 1 N–H and O–H groups in total. The fraction of sp³-hybridized carbons (Fsp3) is 0.235. The summed E-state index contributed by atoms with van der Waals surface area (Å²) in [5.74, 6) is 1.40. The van der Waals surface area contributed by atoms with Crippen LogP contribution in [0.25, 0.3) is 0 Å². The van der Waals surface area contributed by atoms with E-state index in [0.717, 1.165) is 31.3 Å². The quantitative estimate of drug-likeness (QED) is 0.281. The van der Waals surface area contributed by atoms with Crippen LogP contribution in [0.15, 0.2) is 24.3 Å². The number of hydrogen-bond acceptors (Lipinski definition) is 4. The zero-order valence-electron chi connectivity index (χ0n) is 13.5. The van der Waals surface area contributed by atoms with Crippen LogP contribution in [0.5, 0.6) is 17.2 Å². The average molecular weight is 806 g/mol. The van der Waals surface area contributed by atoms with Crippen LogP contribution in [0.3, 0.4) is 0 Å². The number of carboxylic acids is 1. The Kier molecular flexibility index (Phi) is 9.42. The molecule has 2 aromatic carbocycles. The lowest BCUT2D eigenvalue weighted by Gasteiger charge is -2.15. The van der Waals surface area contributed by atoms with Gasteiger partial charge in [0.05, 0.1) is 27.3 Å². The normalized spacial score (nSPS) is 10.7. The van der Waals surface area contributed by atoms with E-state index in [1.807, 2.05) is 24.3 Å². The van der Waals surface area contributed by atoms with Crippen LogP contribution in [0.2, 0.25) is 0 Å². The fourth-order valence-electron chi connectivity index (χ4n) is 2.06. The van der Waals surface area contributed by atoms with E-state index in [-0.39, 0.29) is 6.42 Å². The lowest BCUT2D eigenvalue weighted by molar-refractivity contribution is -0.136. The number of benzene rings is 2. The van der Waals surface area contributed by atoms with Gasteiger partial charge in [0.1, 0.15) is 18.1 Å². The highest BCUT2D eigenvalue weighted by Gasteiger charge is 2.15. The van der Waals surface area contributed by atoms with E-state index in [2.05, 4.69) is 90.4 Å². The first-order valence-corrected chi connectivity index (χ1v) is 11.6. The van der Waals surface area contributed by atoms with Crippen molar-refractivity contribution in [2.45, 2.75) is 6.42 Å². The Hall–Kier alpha value is 0.390. The van der Waals surface area contributed by atoms with Crippen molar-refractivity contribution in [1.82, 2.24) is 0 Å². The Morgan fingerprint density at radius 1 is 0.923 bits per heavy atom. The van der Waals surface area contributed by atoms with Crippen molar-refractivity contribution in [2.24, 2.45) is 0 Å². The summed E-state index contributed by atoms with van der Waals surface area (Å²) in [6, 6.07) is 7.51. The Balaban J connectivity index is 2.24. The topological polar surface area (TPSA) is 65.0 Å². The maximum absolute atomic E-state index is 10.9. The summed E-state index contributed by atoms with van der Waals surface area (Å²) < 4.78 is 20.5. The molecule has 0 fully saturated rings. The number of carboxylic acid groups (broad SMARTS) is 1. The van der Waals surface area contributed by atoms with Crippen molar-refractivity contribution in [3.63, 3.8) is 0 Å². The molecule has 2 aromatic rings. The molecular formula is C17H14I4O5. The molecule has 26 heavy (non-hydrogen) atoms. The molecule has 0 radical (unpaired) electrons. The molecule has 0 amide bonds. The van der Waals surface area contributed by atoms with E-state index in [1.165, 1.54) is 0 Å². The van der Waals surface area contributed by atoms with Crippen molar-refractivity contribution < 1.29 is 24.1 Å². The summed E-state index contributed by atoms with van der Waals surface area (Å²) in [4.78, 5) is 10.9.